The fourth-order valence-corrected chi connectivity index (χ4v) is 11.1. The largest absolute Gasteiger partial charge is 0.466 e. The highest BCUT2D eigenvalue weighted by Crippen LogP contribution is 2.35. The summed E-state index contributed by atoms with van der Waals surface area (Å²) in [5.41, 5.74) is -3.24. The van der Waals surface area contributed by atoms with Crippen LogP contribution in [0.4, 0.5) is 41.0 Å². The molecule has 3 aromatic carbocycles. The number of amides is 6. The molecule has 0 unspecified atom stereocenters. The van der Waals surface area contributed by atoms with E-state index in [1.165, 1.54) is 86.8 Å². The molecule has 1 aliphatic carbocycles. The van der Waals surface area contributed by atoms with Crippen LogP contribution in [0.2, 0.25) is 0 Å². The van der Waals surface area contributed by atoms with Gasteiger partial charge in [0.1, 0.15) is 72.9 Å². The summed E-state index contributed by atoms with van der Waals surface area (Å²) in [5, 5.41) is 95.7. The number of nitro groups is 3. The van der Waals surface area contributed by atoms with Crippen molar-refractivity contribution in [3.05, 3.63) is 132 Å². The van der Waals surface area contributed by atoms with Crippen LogP contribution in [0.3, 0.4) is 0 Å². The van der Waals surface area contributed by atoms with Gasteiger partial charge in [0.2, 0.25) is 12.2 Å². The van der Waals surface area contributed by atoms with Gasteiger partial charge in [-0.1, -0.05) is 0 Å². The second-order valence-electron chi connectivity index (χ2n) is 26.3. The fraction of sp³-hybridized carbons (Fsp3) is 0.587. The number of aliphatic hydroxyl groups is 4. The van der Waals surface area contributed by atoms with Crippen LogP contribution in [0.5, 0.6) is 0 Å². The number of benzene rings is 3. The molecular weight excluding hydrogens is 1300 g/mol. The number of piperidine rings is 1. The Morgan fingerprint density at radius 1 is 0.684 bits per heavy atom. The molecule has 9 N–H and O–H groups in total. The lowest BCUT2D eigenvalue weighted by molar-refractivity contribution is -0.385. The number of non-ortho nitro benzene ring substituents is 3. The van der Waals surface area contributed by atoms with Crippen molar-refractivity contribution in [1.82, 2.24) is 36.4 Å². The van der Waals surface area contributed by atoms with E-state index >= 15 is 0 Å². The molecule has 0 radical (unpaired) electrons. The monoisotopic (exact) mass is 1380 g/mol. The van der Waals surface area contributed by atoms with Gasteiger partial charge in [0, 0.05) is 63.1 Å². The summed E-state index contributed by atoms with van der Waals surface area (Å²) < 4.78 is 53.0. The number of rotatable bonds is 25. The minimum atomic E-state index is -2.10. The lowest BCUT2D eigenvalue weighted by Crippen LogP contribution is -2.70. The SMILES string of the molecule is CN(C(=O)OC(C)(C)C)[C@@H]1[C@@H](O)[C@@H](O[C@@H]2[C@@H](O)[C@H](O[C@H]3OC(CNCC4CCN(C(=O)OC(C)(C)C)CC4)=CC[C@H]3NC(=O)OCc3ccc([N+](=O)[O-])cc3)[C@@H](NC(=O)OCc3ccc([N+](=O)[O-])cc3)C[C@H]2NC(=O)[C@@H](O)CCNC(=O)OCc2ccc([N+](=O)[O-])cc2)OC[C@]1(C)O. The molecule has 6 amide bonds. The maximum atomic E-state index is 14.2. The Labute approximate surface area is 563 Å². The molecule has 12 atom stereocenters. The molecule has 2 saturated heterocycles. The van der Waals surface area contributed by atoms with Crippen molar-refractivity contribution in [2.24, 2.45) is 5.92 Å². The van der Waals surface area contributed by atoms with Crippen LogP contribution in [0, 0.1) is 36.3 Å². The van der Waals surface area contributed by atoms with Crippen molar-refractivity contribution in [3.63, 3.8) is 0 Å². The Bertz CT molecular complexity index is 3290. The Morgan fingerprint density at radius 3 is 1.64 bits per heavy atom. The Balaban J connectivity index is 1.18. The van der Waals surface area contributed by atoms with Gasteiger partial charge < -0.3 is 99.4 Å². The van der Waals surface area contributed by atoms with E-state index in [-0.39, 0.29) is 61.5 Å². The second kappa shape index (κ2) is 33.9. The third-order valence-electron chi connectivity index (χ3n) is 16.1. The summed E-state index contributed by atoms with van der Waals surface area (Å²) in [4.78, 5) is 116. The zero-order chi connectivity index (χ0) is 71.8. The van der Waals surface area contributed by atoms with Gasteiger partial charge in [-0.25, -0.2) is 24.0 Å². The van der Waals surface area contributed by atoms with E-state index in [9.17, 15) is 79.5 Å². The number of likely N-dealkylation sites (N-methyl/N-ethyl adjacent to an activating group) is 1. The number of hydrogen-bond donors (Lipinski definition) is 9. The van der Waals surface area contributed by atoms with E-state index in [0.717, 1.165) is 4.90 Å². The van der Waals surface area contributed by atoms with Gasteiger partial charge in [0.25, 0.3) is 17.1 Å². The quantitative estimate of drug-likeness (QED) is 0.0319. The van der Waals surface area contributed by atoms with Crippen LogP contribution in [0.1, 0.15) is 97.3 Å². The number of ether oxygens (including phenoxy) is 9. The summed E-state index contributed by atoms with van der Waals surface area (Å²) in [5.74, 6) is -0.731. The van der Waals surface area contributed by atoms with Crippen LogP contribution in [0.25, 0.3) is 0 Å². The highest BCUT2D eigenvalue weighted by Gasteiger charge is 2.55. The van der Waals surface area contributed by atoms with Gasteiger partial charge in [0.15, 0.2) is 6.29 Å². The molecule has 35 nitrogen and oxygen atoms in total. The van der Waals surface area contributed by atoms with E-state index in [0.29, 0.717) is 49.2 Å². The third kappa shape index (κ3) is 22.5. The van der Waals surface area contributed by atoms with Crippen LogP contribution in [-0.4, -0.2) is 212 Å². The first-order chi connectivity index (χ1) is 46.1. The lowest BCUT2D eigenvalue weighted by Gasteiger charge is -2.50. The molecule has 3 fully saturated rings. The molecule has 3 aromatic rings. The average molecular weight is 1380 g/mol. The highest BCUT2D eigenvalue weighted by atomic mass is 16.7. The van der Waals surface area contributed by atoms with E-state index in [4.69, 9.17) is 42.6 Å². The summed E-state index contributed by atoms with van der Waals surface area (Å²) >= 11 is 0. The van der Waals surface area contributed by atoms with Crippen LogP contribution < -0.4 is 26.6 Å². The van der Waals surface area contributed by atoms with Crippen molar-refractivity contribution >= 4 is 53.4 Å². The predicted molar refractivity (Wildman–Crippen MR) is 340 cm³/mol. The van der Waals surface area contributed by atoms with Gasteiger partial charge in [-0.2, -0.15) is 0 Å². The number of hydrogen-bond acceptors (Lipinski definition) is 26. The number of carbonyl (C=O) groups is 6. The number of alkyl carbamates (subject to hydrolysis) is 3. The predicted octanol–water partition coefficient (Wildman–Crippen LogP) is 4.57. The topological polar surface area (TPSA) is 462 Å². The van der Waals surface area contributed by atoms with E-state index in [2.05, 4.69) is 26.6 Å². The molecule has 4 aliphatic rings. The number of carbonyl (C=O) groups excluding carboxylic acids is 6. The number of nitrogens with zero attached hydrogens (tertiary/aromatic N) is 5. The summed E-state index contributed by atoms with van der Waals surface area (Å²) in [6, 6.07) is 9.74. The average Bonchev–Trinajstić information content (AvgIpc) is 0.766. The van der Waals surface area contributed by atoms with Crippen molar-refractivity contribution in [3.8, 4) is 0 Å². The zero-order valence-corrected chi connectivity index (χ0v) is 55.4. The second-order valence-corrected chi connectivity index (χ2v) is 26.3. The molecule has 538 valence electrons. The van der Waals surface area contributed by atoms with E-state index < -0.39 is 161 Å². The molecule has 0 spiro atoms. The number of aliphatic hydroxyl groups excluding tert-OH is 3. The van der Waals surface area contributed by atoms with Crippen molar-refractivity contribution < 1.29 is 107 Å². The standard InChI is InChI=1S/C63H86N10O25/c1-61(2,3)97-59(81)69(8)52-49(76)55(93-35-63(52,7)83)96-50-45(66-53(77)47(74)23-26-65-56(78)90-32-37-9-15-40(16-10-37)71(84)85)29-46(68-58(80)92-34-39-13-19-42(20-14-39)73(88)89)51(48(50)75)95-54-44(67-57(79)91-33-38-11-17-41(18-12-38)72(86)87)22-21-43(94-54)31-64-30-36-24-27-70(28-25-36)60(82)98-62(4,5)6/h9-21,36,44-52,54-55,64,74-76,83H,22-35H2,1-8H3,(H,65,78)(H,66,77)(H,67,79)(H,68,80)/t44-,45-,46+,47+,48-,49-,50+,51-,52-,54-,55-,63+/m1/s1. The van der Waals surface area contributed by atoms with E-state index in [1.54, 1.807) is 52.5 Å². The smallest absolute Gasteiger partial charge is 0.410 e. The summed E-state index contributed by atoms with van der Waals surface area (Å²) in [6.45, 7) is 10.8. The molecule has 35 heteroatoms. The Hall–Kier alpha value is -9.10. The summed E-state index contributed by atoms with van der Waals surface area (Å²) in [6.07, 6.45) is -15.7. The molecule has 0 bridgehead atoms. The van der Waals surface area contributed by atoms with Crippen LogP contribution in [-0.2, 0) is 67.2 Å². The first-order valence-corrected chi connectivity index (χ1v) is 31.6. The first kappa shape index (κ1) is 76.3. The molecular formula is C63H86N10O25. The van der Waals surface area contributed by atoms with Gasteiger partial charge in [0.05, 0.1) is 52.1 Å². The van der Waals surface area contributed by atoms with E-state index in [1.807, 2.05) is 0 Å². The number of nitrogens with one attached hydrogen (secondary N) is 5. The maximum Gasteiger partial charge on any atom is 0.410 e. The van der Waals surface area contributed by atoms with Crippen LogP contribution in [0.15, 0.2) is 84.6 Å². The molecule has 1 saturated carbocycles. The van der Waals surface area contributed by atoms with Crippen molar-refractivity contribution in [2.75, 3.05) is 46.4 Å². The van der Waals surface area contributed by atoms with Crippen LogP contribution >= 0.6 is 0 Å². The third-order valence-corrected chi connectivity index (χ3v) is 16.1. The van der Waals surface area contributed by atoms with Crippen molar-refractivity contribution in [2.45, 2.75) is 184 Å². The van der Waals surface area contributed by atoms with Gasteiger partial charge in [-0.3, -0.25) is 35.1 Å². The fourth-order valence-electron chi connectivity index (χ4n) is 11.1. The highest BCUT2D eigenvalue weighted by molar-refractivity contribution is 5.81. The molecule has 3 heterocycles. The van der Waals surface area contributed by atoms with Gasteiger partial charge in [-0.15, -0.1) is 0 Å². The molecule has 3 aliphatic heterocycles. The minimum absolute atomic E-state index is 0.0295. The van der Waals surface area contributed by atoms with Gasteiger partial charge >= 0.3 is 30.5 Å². The minimum Gasteiger partial charge on any atom is -0.466 e. The normalized spacial score (nSPS) is 24.6. The Kier molecular flexibility index (Phi) is 26.4. The number of likely N-dealkylation sites (tertiary alicyclic amines) is 1. The molecule has 0 aromatic heterocycles. The van der Waals surface area contributed by atoms with Crippen molar-refractivity contribution in [1.29, 1.82) is 0 Å². The lowest BCUT2D eigenvalue weighted by atomic mass is 9.82. The van der Waals surface area contributed by atoms with Gasteiger partial charge in [-0.05, 0) is 152 Å². The zero-order valence-electron chi connectivity index (χ0n) is 55.4. The summed E-state index contributed by atoms with van der Waals surface area (Å²) in [7, 11) is 1.25. The first-order valence-electron chi connectivity index (χ1n) is 31.6. The molecule has 98 heavy (non-hydrogen) atoms. The number of nitro benzene ring substituents is 3. The molecule has 7 rings (SSSR count). The Morgan fingerprint density at radius 2 is 1.15 bits per heavy atom. The maximum absolute atomic E-state index is 14.2.